The van der Waals surface area contributed by atoms with Crippen LogP contribution in [0.1, 0.15) is 79.6 Å². The Morgan fingerprint density at radius 1 is 0.952 bits per heavy atom. The predicted octanol–water partition coefficient (Wildman–Crippen LogP) is 5.11. The largest absolute Gasteiger partial charge is 0.294 e. The molecule has 2 nitrogen and oxygen atoms in total. The zero-order valence-electron chi connectivity index (χ0n) is 14.5. The van der Waals surface area contributed by atoms with E-state index in [9.17, 15) is 9.59 Å². The summed E-state index contributed by atoms with van der Waals surface area (Å²) in [6, 6.07) is 0. The van der Waals surface area contributed by atoms with Crippen LogP contribution in [0, 0.1) is 17.8 Å². The Hall–Kier alpha value is -0.920. The topological polar surface area (TPSA) is 34.1 Å². The van der Waals surface area contributed by atoms with E-state index < -0.39 is 0 Å². The summed E-state index contributed by atoms with van der Waals surface area (Å²) in [4.78, 5) is 24.6. The Kier molecular flexibility index (Phi) is 7.34. The van der Waals surface area contributed by atoms with Crippen LogP contribution in [0.15, 0.2) is 11.1 Å². The van der Waals surface area contributed by atoms with E-state index in [1.54, 1.807) is 6.92 Å². The van der Waals surface area contributed by atoms with Crippen molar-refractivity contribution in [3.8, 4) is 0 Å². The molecule has 1 aliphatic rings. The average Bonchev–Trinajstić information content (AvgIpc) is 2.47. The molecule has 3 atom stereocenters. The number of carbonyl (C=O) groups is 2. The van der Waals surface area contributed by atoms with Gasteiger partial charge in [-0.3, -0.25) is 9.59 Å². The molecule has 1 aliphatic carbocycles. The van der Waals surface area contributed by atoms with Crippen LogP contribution >= 0.6 is 0 Å². The van der Waals surface area contributed by atoms with Crippen LogP contribution in [0.5, 0.6) is 0 Å². The summed E-state index contributed by atoms with van der Waals surface area (Å²) in [6.07, 6.45) is 8.38. The maximum absolute atomic E-state index is 12.4. The summed E-state index contributed by atoms with van der Waals surface area (Å²) in [5.74, 6) is 0.822. The van der Waals surface area contributed by atoms with Crippen LogP contribution in [-0.2, 0) is 9.59 Å². The fourth-order valence-electron chi connectivity index (χ4n) is 3.31. The van der Waals surface area contributed by atoms with E-state index in [1.165, 1.54) is 32.1 Å². The second-order valence-electron chi connectivity index (χ2n) is 6.91. The molecule has 21 heavy (non-hydrogen) atoms. The summed E-state index contributed by atoms with van der Waals surface area (Å²) in [5.41, 5.74) is 1.37. The van der Waals surface area contributed by atoms with Gasteiger partial charge < -0.3 is 0 Å². The Balaban J connectivity index is 2.48. The second kappa shape index (κ2) is 8.51. The second-order valence-corrected chi connectivity index (χ2v) is 6.91. The van der Waals surface area contributed by atoms with Crippen molar-refractivity contribution in [2.24, 2.45) is 17.8 Å². The van der Waals surface area contributed by atoms with Gasteiger partial charge in [0, 0.05) is 11.8 Å². The molecule has 1 rings (SSSR count). The van der Waals surface area contributed by atoms with Gasteiger partial charge in [-0.2, -0.15) is 0 Å². The highest BCUT2D eigenvalue weighted by atomic mass is 16.1. The van der Waals surface area contributed by atoms with Crippen molar-refractivity contribution in [2.75, 3.05) is 0 Å². The van der Waals surface area contributed by atoms with E-state index in [1.807, 2.05) is 13.8 Å². The van der Waals surface area contributed by atoms with Crippen molar-refractivity contribution < 1.29 is 9.59 Å². The van der Waals surface area contributed by atoms with Gasteiger partial charge in [-0.25, -0.2) is 0 Å². The van der Waals surface area contributed by atoms with Crippen molar-refractivity contribution in [1.29, 1.82) is 0 Å². The average molecular weight is 292 g/mol. The Morgan fingerprint density at radius 2 is 1.57 bits per heavy atom. The number of hydrogen-bond donors (Lipinski definition) is 0. The van der Waals surface area contributed by atoms with E-state index in [0.717, 1.165) is 12.8 Å². The normalized spacial score (nSPS) is 24.6. The third-order valence-corrected chi connectivity index (χ3v) is 5.18. The highest BCUT2D eigenvalue weighted by molar-refractivity contribution is 6.13. The first-order valence-corrected chi connectivity index (χ1v) is 8.66. The standard InChI is InChI=1S/C19H32O2/c1-6-7-8-9-10-13(2)11-12-17-16(5)18(20)14(3)15(4)19(17)21/h13,16-17H,6-12H2,1-5H3. The Bertz CT molecular complexity index is 406. The molecule has 0 saturated heterocycles. The number of Topliss-reactive ketones (excluding diaryl/α,β-unsaturated/α-hetero) is 2. The molecule has 2 heteroatoms. The lowest BCUT2D eigenvalue weighted by molar-refractivity contribution is -0.130. The summed E-state index contributed by atoms with van der Waals surface area (Å²) in [6.45, 7) is 10.0. The van der Waals surface area contributed by atoms with E-state index in [2.05, 4.69) is 13.8 Å². The van der Waals surface area contributed by atoms with Gasteiger partial charge in [-0.05, 0) is 43.8 Å². The lowest BCUT2D eigenvalue weighted by atomic mass is 9.73. The van der Waals surface area contributed by atoms with Crippen molar-refractivity contribution in [2.45, 2.75) is 79.6 Å². The Morgan fingerprint density at radius 3 is 2.19 bits per heavy atom. The third kappa shape index (κ3) is 4.79. The molecule has 0 amide bonds. The maximum Gasteiger partial charge on any atom is 0.162 e. The van der Waals surface area contributed by atoms with Gasteiger partial charge in [-0.1, -0.05) is 52.9 Å². The van der Waals surface area contributed by atoms with Gasteiger partial charge in [0.1, 0.15) is 0 Å². The fourth-order valence-corrected chi connectivity index (χ4v) is 3.31. The van der Waals surface area contributed by atoms with Gasteiger partial charge in [-0.15, -0.1) is 0 Å². The first kappa shape index (κ1) is 18.1. The molecule has 0 bridgehead atoms. The van der Waals surface area contributed by atoms with Gasteiger partial charge in [0.25, 0.3) is 0 Å². The Labute approximate surface area is 130 Å². The number of rotatable bonds is 8. The lowest BCUT2D eigenvalue weighted by Gasteiger charge is -2.29. The zero-order valence-corrected chi connectivity index (χ0v) is 14.5. The minimum absolute atomic E-state index is 0.0840. The molecular weight excluding hydrogens is 260 g/mol. The molecule has 0 radical (unpaired) electrons. The highest BCUT2D eigenvalue weighted by Crippen LogP contribution is 2.33. The number of unbranched alkanes of at least 4 members (excludes halogenated alkanes) is 3. The number of carbonyl (C=O) groups excluding carboxylic acids is 2. The van der Waals surface area contributed by atoms with Crippen molar-refractivity contribution in [3.63, 3.8) is 0 Å². The summed E-state index contributed by atoms with van der Waals surface area (Å²) in [7, 11) is 0. The van der Waals surface area contributed by atoms with Crippen LogP contribution in [0.25, 0.3) is 0 Å². The van der Waals surface area contributed by atoms with E-state index in [0.29, 0.717) is 17.1 Å². The number of hydrogen-bond acceptors (Lipinski definition) is 2. The summed E-state index contributed by atoms with van der Waals surface area (Å²) in [5, 5.41) is 0. The molecule has 0 aliphatic heterocycles. The van der Waals surface area contributed by atoms with E-state index in [-0.39, 0.29) is 23.4 Å². The van der Waals surface area contributed by atoms with Crippen LogP contribution in [0.2, 0.25) is 0 Å². The van der Waals surface area contributed by atoms with Crippen molar-refractivity contribution >= 4 is 11.6 Å². The monoisotopic (exact) mass is 292 g/mol. The minimum Gasteiger partial charge on any atom is -0.294 e. The molecule has 0 aromatic carbocycles. The molecular formula is C19H32O2. The highest BCUT2D eigenvalue weighted by Gasteiger charge is 2.36. The molecule has 0 fully saturated rings. The van der Waals surface area contributed by atoms with Crippen LogP contribution in [0.3, 0.4) is 0 Å². The van der Waals surface area contributed by atoms with Gasteiger partial charge in [0.15, 0.2) is 11.6 Å². The SMILES string of the molecule is CCCCCCC(C)CCC1C(=O)C(C)=C(C)C(=O)C1C. The molecule has 3 unspecified atom stereocenters. The molecule has 0 saturated carbocycles. The number of ketones is 2. The third-order valence-electron chi connectivity index (χ3n) is 5.18. The summed E-state index contributed by atoms with van der Waals surface area (Å²) < 4.78 is 0. The smallest absolute Gasteiger partial charge is 0.162 e. The van der Waals surface area contributed by atoms with Crippen LogP contribution in [-0.4, -0.2) is 11.6 Å². The predicted molar refractivity (Wildman–Crippen MR) is 88.2 cm³/mol. The molecule has 0 spiro atoms. The van der Waals surface area contributed by atoms with E-state index in [4.69, 9.17) is 0 Å². The fraction of sp³-hybridized carbons (Fsp3) is 0.789. The molecule has 0 aromatic rings. The van der Waals surface area contributed by atoms with Crippen LogP contribution in [0.4, 0.5) is 0 Å². The van der Waals surface area contributed by atoms with Crippen molar-refractivity contribution in [1.82, 2.24) is 0 Å². The zero-order chi connectivity index (χ0) is 16.0. The van der Waals surface area contributed by atoms with Gasteiger partial charge >= 0.3 is 0 Å². The van der Waals surface area contributed by atoms with Gasteiger partial charge in [0.2, 0.25) is 0 Å². The first-order chi connectivity index (χ1) is 9.90. The maximum atomic E-state index is 12.4. The van der Waals surface area contributed by atoms with Crippen LogP contribution < -0.4 is 0 Å². The van der Waals surface area contributed by atoms with E-state index >= 15 is 0 Å². The molecule has 0 N–H and O–H groups in total. The van der Waals surface area contributed by atoms with Crippen molar-refractivity contribution in [3.05, 3.63) is 11.1 Å². The molecule has 120 valence electrons. The number of allylic oxidation sites excluding steroid dienone is 2. The first-order valence-electron chi connectivity index (χ1n) is 8.66. The molecule has 0 heterocycles. The lowest BCUT2D eigenvalue weighted by Crippen LogP contribution is -2.35. The quantitative estimate of drug-likeness (QED) is 0.582. The summed E-state index contributed by atoms with van der Waals surface area (Å²) >= 11 is 0. The molecule has 0 aromatic heterocycles. The van der Waals surface area contributed by atoms with Gasteiger partial charge in [0.05, 0.1) is 0 Å². The minimum atomic E-state index is -0.131.